The first-order valence-corrected chi connectivity index (χ1v) is 6.02. The topological polar surface area (TPSA) is 25.8 Å². The van der Waals surface area contributed by atoms with Crippen molar-refractivity contribution < 1.29 is 13.2 Å². The first-order valence-electron chi connectivity index (χ1n) is 5.64. The van der Waals surface area contributed by atoms with Crippen LogP contribution < -0.4 is 0 Å². The van der Waals surface area contributed by atoms with E-state index in [0.717, 1.165) is 6.07 Å². The normalized spacial score (nSPS) is 11.0. The molecule has 0 aliphatic heterocycles. The van der Waals surface area contributed by atoms with Crippen LogP contribution in [0.3, 0.4) is 0 Å². The van der Waals surface area contributed by atoms with Crippen LogP contribution in [0.15, 0.2) is 36.4 Å². The van der Waals surface area contributed by atoms with E-state index < -0.39 is 17.5 Å². The van der Waals surface area contributed by atoms with Gasteiger partial charge in [0, 0.05) is 0 Å². The fourth-order valence-electron chi connectivity index (χ4n) is 1.90. The van der Waals surface area contributed by atoms with E-state index in [1.165, 1.54) is 30.3 Å². The van der Waals surface area contributed by atoms with Crippen LogP contribution in [0.1, 0.15) is 0 Å². The molecule has 0 spiro atoms. The number of hydrogen-bond acceptors (Lipinski definition) is 2. The van der Waals surface area contributed by atoms with E-state index in [4.69, 9.17) is 11.6 Å². The van der Waals surface area contributed by atoms with Crippen molar-refractivity contribution in [2.75, 3.05) is 0 Å². The molecular formula is C14H6ClF3N2. The van der Waals surface area contributed by atoms with Gasteiger partial charge in [-0.25, -0.2) is 23.1 Å². The largest absolute Gasteiger partial charge is 0.228 e. The van der Waals surface area contributed by atoms with Gasteiger partial charge in [-0.15, -0.1) is 0 Å². The zero-order valence-corrected chi connectivity index (χ0v) is 10.6. The summed E-state index contributed by atoms with van der Waals surface area (Å²) in [5.41, 5.74) is 0.0988. The number of fused-ring (bicyclic) bond motifs is 1. The van der Waals surface area contributed by atoms with Crippen molar-refractivity contribution in [3.63, 3.8) is 0 Å². The monoisotopic (exact) mass is 294 g/mol. The average Bonchev–Trinajstić information content (AvgIpc) is 2.41. The van der Waals surface area contributed by atoms with Gasteiger partial charge in [-0.2, -0.15) is 0 Å². The number of aromatic nitrogens is 2. The van der Waals surface area contributed by atoms with Crippen molar-refractivity contribution in [2.45, 2.75) is 0 Å². The molecule has 0 N–H and O–H groups in total. The molecule has 2 aromatic carbocycles. The van der Waals surface area contributed by atoms with Crippen LogP contribution in [-0.4, -0.2) is 9.97 Å². The molecule has 0 aliphatic carbocycles. The van der Waals surface area contributed by atoms with Gasteiger partial charge in [0.2, 0.25) is 0 Å². The lowest BCUT2D eigenvalue weighted by Gasteiger charge is -2.06. The molecule has 0 saturated heterocycles. The van der Waals surface area contributed by atoms with E-state index in [1.807, 2.05) is 0 Å². The number of nitrogens with zero attached hydrogens (tertiary/aromatic N) is 2. The Morgan fingerprint density at radius 1 is 0.850 bits per heavy atom. The Morgan fingerprint density at radius 2 is 1.55 bits per heavy atom. The molecule has 0 fully saturated rings. The standard InChI is InChI=1S/C14H6ClF3N2/c15-13-11-8(16)4-2-6-10(11)19-14(20-13)7-3-1-5-9(17)12(7)18/h1-6H. The van der Waals surface area contributed by atoms with E-state index in [2.05, 4.69) is 9.97 Å². The highest BCUT2D eigenvalue weighted by molar-refractivity contribution is 6.34. The Bertz CT molecular complexity index is 821. The van der Waals surface area contributed by atoms with Crippen LogP contribution in [-0.2, 0) is 0 Å². The Balaban J connectivity index is 2.31. The molecule has 0 aliphatic rings. The molecule has 6 heteroatoms. The first kappa shape index (κ1) is 12.9. The lowest BCUT2D eigenvalue weighted by Crippen LogP contribution is -1.97. The van der Waals surface area contributed by atoms with Crippen LogP contribution in [0.2, 0.25) is 5.15 Å². The molecule has 100 valence electrons. The average molecular weight is 295 g/mol. The van der Waals surface area contributed by atoms with E-state index >= 15 is 0 Å². The van der Waals surface area contributed by atoms with E-state index in [9.17, 15) is 13.2 Å². The quantitative estimate of drug-likeness (QED) is 0.623. The third-order valence-corrected chi connectivity index (χ3v) is 3.09. The number of benzene rings is 2. The summed E-state index contributed by atoms with van der Waals surface area (Å²) < 4.78 is 40.6. The summed E-state index contributed by atoms with van der Waals surface area (Å²) in [6, 6.07) is 7.84. The van der Waals surface area contributed by atoms with Crippen molar-refractivity contribution in [1.82, 2.24) is 9.97 Å². The highest BCUT2D eigenvalue weighted by Gasteiger charge is 2.15. The van der Waals surface area contributed by atoms with Gasteiger partial charge in [-0.1, -0.05) is 23.7 Å². The fraction of sp³-hybridized carbons (Fsp3) is 0. The van der Waals surface area contributed by atoms with E-state index in [0.29, 0.717) is 0 Å². The second-order valence-electron chi connectivity index (χ2n) is 4.07. The van der Waals surface area contributed by atoms with Gasteiger partial charge in [0.1, 0.15) is 11.0 Å². The maximum atomic E-state index is 13.7. The lowest BCUT2D eigenvalue weighted by atomic mass is 10.1. The second-order valence-corrected chi connectivity index (χ2v) is 4.43. The Hall–Kier alpha value is -2.14. The van der Waals surface area contributed by atoms with Gasteiger partial charge >= 0.3 is 0 Å². The molecule has 1 aromatic heterocycles. The maximum absolute atomic E-state index is 13.7. The summed E-state index contributed by atoms with van der Waals surface area (Å²) in [6.45, 7) is 0. The summed E-state index contributed by atoms with van der Waals surface area (Å²) in [5, 5.41) is -0.0958. The Labute approximate surface area is 116 Å². The molecule has 0 amide bonds. The molecule has 0 bridgehead atoms. The molecule has 0 saturated carbocycles. The van der Waals surface area contributed by atoms with Crippen LogP contribution in [0.25, 0.3) is 22.3 Å². The summed E-state index contributed by atoms with van der Waals surface area (Å²) in [6.07, 6.45) is 0. The van der Waals surface area contributed by atoms with Gasteiger partial charge in [-0.05, 0) is 24.3 Å². The smallest absolute Gasteiger partial charge is 0.169 e. The second kappa shape index (κ2) is 4.76. The minimum atomic E-state index is -1.07. The van der Waals surface area contributed by atoms with Crippen molar-refractivity contribution in [1.29, 1.82) is 0 Å². The predicted molar refractivity (Wildman–Crippen MR) is 69.9 cm³/mol. The van der Waals surface area contributed by atoms with Crippen LogP contribution >= 0.6 is 11.6 Å². The van der Waals surface area contributed by atoms with Gasteiger partial charge in [-0.3, -0.25) is 0 Å². The predicted octanol–water partition coefficient (Wildman–Crippen LogP) is 4.37. The van der Waals surface area contributed by atoms with Gasteiger partial charge in [0.05, 0.1) is 16.5 Å². The minimum Gasteiger partial charge on any atom is -0.228 e. The van der Waals surface area contributed by atoms with Crippen molar-refractivity contribution >= 4 is 22.5 Å². The van der Waals surface area contributed by atoms with Crippen LogP contribution in [0.4, 0.5) is 13.2 Å². The zero-order valence-electron chi connectivity index (χ0n) is 9.87. The van der Waals surface area contributed by atoms with Crippen molar-refractivity contribution in [2.24, 2.45) is 0 Å². The third kappa shape index (κ3) is 2.00. The zero-order chi connectivity index (χ0) is 14.3. The Morgan fingerprint density at radius 3 is 2.35 bits per heavy atom. The molecule has 0 radical (unpaired) electrons. The molecule has 3 rings (SSSR count). The molecule has 1 heterocycles. The molecule has 2 nitrogen and oxygen atoms in total. The number of halogens is 4. The lowest BCUT2D eigenvalue weighted by molar-refractivity contribution is 0.510. The van der Waals surface area contributed by atoms with Gasteiger partial charge in [0.25, 0.3) is 0 Å². The summed E-state index contributed by atoms with van der Waals surface area (Å²) in [7, 11) is 0. The fourth-order valence-corrected chi connectivity index (χ4v) is 2.16. The first-order chi connectivity index (χ1) is 9.58. The van der Waals surface area contributed by atoms with Gasteiger partial charge < -0.3 is 0 Å². The third-order valence-electron chi connectivity index (χ3n) is 2.82. The molecule has 0 atom stereocenters. The highest BCUT2D eigenvalue weighted by Crippen LogP contribution is 2.28. The highest BCUT2D eigenvalue weighted by atomic mass is 35.5. The number of rotatable bonds is 1. The van der Waals surface area contributed by atoms with Crippen molar-refractivity contribution in [3.05, 3.63) is 59.0 Å². The summed E-state index contributed by atoms with van der Waals surface area (Å²) in [4.78, 5) is 7.87. The maximum Gasteiger partial charge on any atom is 0.169 e. The summed E-state index contributed by atoms with van der Waals surface area (Å²) >= 11 is 5.90. The van der Waals surface area contributed by atoms with E-state index in [1.54, 1.807) is 0 Å². The molecule has 20 heavy (non-hydrogen) atoms. The molecule has 0 unspecified atom stereocenters. The molecule has 3 aromatic rings. The van der Waals surface area contributed by atoms with E-state index in [-0.39, 0.29) is 27.4 Å². The van der Waals surface area contributed by atoms with Crippen molar-refractivity contribution in [3.8, 4) is 11.4 Å². The minimum absolute atomic E-state index is 0.0507. The van der Waals surface area contributed by atoms with Crippen LogP contribution in [0, 0.1) is 17.5 Å². The Kier molecular flexibility index (Phi) is 3.06. The van der Waals surface area contributed by atoms with Crippen LogP contribution in [0.5, 0.6) is 0 Å². The SMILES string of the molecule is Fc1cccc(-c2nc(Cl)c3c(F)cccc3n2)c1F. The number of hydrogen-bond donors (Lipinski definition) is 0. The molecular weight excluding hydrogens is 289 g/mol. The summed E-state index contributed by atoms with van der Waals surface area (Å²) in [5.74, 6) is -2.75. The van der Waals surface area contributed by atoms with Gasteiger partial charge in [0.15, 0.2) is 17.5 Å².